The van der Waals surface area contributed by atoms with Gasteiger partial charge in [-0.1, -0.05) is 6.08 Å². The highest BCUT2D eigenvalue weighted by Gasteiger charge is 1.86. The van der Waals surface area contributed by atoms with E-state index in [0.717, 1.165) is 0 Å². The van der Waals surface area contributed by atoms with E-state index in [0.29, 0.717) is 0 Å². The standard InChI is InChI=1S/C8H12O4/c1-10-7-12-6-4-3-5-8(9)11-2/h3-6H,7H2,1-2H3/b5-3+,6-4+. The number of methoxy groups -OCH3 is 2. The summed E-state index contributed by atoms with van der Waals surface area (Å²) >= 11 is 0. The van der Waals surface area contributed by atoms with Crippen molar-refractivity contribution < 1.29 is 19.0 Å². The number of carbonyl (C=O) groups is 1. The number of hydrogen-bond acceptors (Lipinski definition) is 4. The quantitative estimate of drug-likeness (QED) is 0.154. The van der Waals surface area contributed by atoms with Crippen molar-refractivity contribution in [2.45, 2.75) is 0 Å². The minimum Gasteiger partial charge on any atom is -0.475 e. The number of esters is 1. The van der Waals surface area contributed by atoms with Crippen LogP contribution < -0.4 is 0 Å². The maximum Gasteiger partial charge on any atom is 0.330 e. The predicted octanol–water partition coefficient (Wildman–Crippen LogP) is 0.850. The third-order valence-corrected chi connectivity index (χ3v) is 0.905. The first-order valence-electron chi connectivity index (χ1n) is 3.33. The van der Waals surface area contributed by atoms with Gasteiger partial charge in [0.25, 0.3) is 0 Å². The zero-order valence-electron chi connectivity index (χ0n) is 7.15. The SMILES string of the molecule is COCO/C=C/C=C/C(=O)OC. The van der Waals surface area contributed by atoms with Crippen LogP contribution in [0.1, 0.15) is 0 Å². The predicted molar refractivity (Wildman–Crippen MR) is 43.3 cm³/mol. The Morgan fingerprint density at radius 2 is 2.08 bits per heavy atom. The van der Waals surface area contributed by atoms with Gasteiger partial charge in [0.2, 0.25) is 0 Å². The molecule has 0 radical (unpaired) electrons. The van der Waals surface area contributed by atoms with Crippen molar-refractivity contribution in [3.63, 3.8) is 0 Å². The molecule has 4 heteroatoms. The topological polar surface area (TPSA) is 44.8 Å². The number of ether oxygens (including phenoxy) is 3. The maximum atomic E-state index is 10.5. The molecule has 0 fully saturated rings. The average Bonchev–Trinajstić information content (AvgIpc) is 2.10. The molecule has 68 valence electrons. The molecule has 0 rings (SSSR count). The van der Waals surface area contributed by atoms with Gasteiger partial charge >= 0.3 is 5.97 Å². The van der Waals surface area contributed by atoms with Gasteiger partial charge in [-0.05, 0) is 6.08 Å². The first-order chi connectivity index (χ1) is 5.81. The minimum atomic E-state index is -0.397. The van der Waals surface area contributed by atoms with Gasteiger partial charge in [0.15, 0.2) is 6.79 Å². The highest BCUT2D eigenvalue weighted by Crippen LogP contribution is 1.82. The third kappa shape index (κ3) is 6.82. The van der Waals surface area contributed by atoms with Gasteiger partial charge < -0.3 is 14.2 Å². The fraction of sp³-hybridized carbons (Fsp3) is 0.375. The lowest BCUT2D eigenvalue weighted by molar-refractivity contribution is -0.134. The summed E-state index contributed by atoms with van der Waals surface area (Å²) in [5.74, 6) is -0.397. The number of carbonyl (C=O) groups excluding carboxylic acids is 1. The molecule has 0 heterocycles. The van der Waals surface area contributed by atoms with E-state index in [2.05, 4.69) is 9.47 Å². The maximum absolute atomic E-state index is 10.5. The van der Waals surface area contributed by atoms with Gasteiger partial charge in [-0.15, -0.1) is 0 Å². The fourth-order valence-electron chi connectivity index (χ4n) is 0.410. The Morgan fingerprint density at radius 3 is 2.67 bits per heavy atom. The van der Waals surface area contributed by atoms with E-state index in [1.165, 1.54) is 32.6 Å². The molecule has 0 saturated carbocycles. The molecule has 0 unspecified atom stereocenters. The molecule has 0 amide bonds. The molecule has 0 N–H and O–H groups in total. The summed E-state index contributed by atoms with van der Waals surface area (Å²) in [6.45, 7) is 0.197. The first kappa shape index (κ1) is 10.7. The second-order valence-corrected chi connectivity index (χ2v) is 1.78. The first-order valence-corrected chi connectivity index (χ1v) is 3.33. The van der Waals surface area contributed by atoms with Crippen molar-refractivity contribution in [2.24, 2.45) is 0 Å². The van der Waals surface area contributed by atoms with E-state index < -0.39 is 5.97 Å². The molecular formula is C8H12O4. The summed E-state index contributed by atoms with van der Waals surface area (Å²) in [4.78, 5) is 10.5. The highest BCUT2D eigenvalue weighted by molar-refractivity contribution is 5.82. The second-order valence-electron chi connectivity index (χ2n) is 1.78. The molecule has 0 aromatic heterocycles. The van der Waals surface area contributed by atoms with Gasteiger partial charge in [0.1, 0.15) is 0 Å². The van der Waals surface area contributed by atoms with Crippen LogP contribution in [0.4, 0.5) is 0 Å². The molecule has 0 bridgehead atoms. The Morgan fingerprint density at radius 1 is 1.33 bits per heavy atom. The van der Waals surface area contributed by atoms with E-state index >= 15 is 0 Å². The van der Waals surface area contributed by atoms with Gasteiger partial charge in [-0.2, -0.15) is 0 Å². The summed E-state index contributed by atoms with van der Waals surface area (Å²) in [5.41, 5.74) is 0. The molecular weight excluding hydrogens is 160 g/mol. The molecule has 0 atom stereocenters. The molecule has 0 spiro atoms. The van der Waals surface area contributed by atoms with Crippen molar-refractivity contribution in [3.05, 3.63) is 24.5 Å². The molecule has 0 saturated heterocycles. The Labute approximate surface area is 71.4 Å². The Kier molecular flexibility index (Phi) is 6.97. The zero-order chi connectivity index (χ0) is 9.23. The molecule has 12 heavy (non-hydrogen) atoms. The normalized spacial score (nSPS) is 10.8. The summed E-state index contributed by atoms with van der Waals surface area (Å²) < 4.78 is 13.7. The van der Waals surface area contributed by atoms with Crippen LogP contribution in [0.25, 0.3) is 0 Å². The van der Waals surface area contributed by atoms with Crippen molar-refractivity contribution >= 4 is 5.97 Å². The van der Waals surface area contributed by atoms with Crippen molar-refractivity contribution in [2.75, 3.05) is 21.0 Å². The van der Waals surface area contributed by atoms with E-state index in [9.17, 15) is 4.79 Å². The lowest BCUT2D eigenvalue weighted by atomic mass is 10.5. The molecule has 4 nitrogen and oxygen atoms in total. The molecule has 0 aliphatic rings. The molecule has 0 aromatic rings. The summed E-state index contributed by atoms with van der Waals surface area (Å²) in [6.07, 6.45) is 5.78. The van der Waals surface area contributed by atoms with Crippen molar-refractivity contribution in [1.82, 2.24) is 0 Å². The fourth-order valence-corrected chi connectivity index (χ4v) is 0.410. The van der Waals surface area contributed by atoms with Gasteiger partial charge in [0.05, 0.1) is 13.4 Å². The summed E-state index contributed by atoms with van der Waals surface area (Å²) in [5, 5.41) is 0. The van der Waals surface area contributed by atoms with Gasteiger partial charge in [-0.3, -0.25) is 0 Å². The number of rotatable bonds is 5. The average molecular weight is 172 g/mol. The van der Waals surface area contributed by atoms with Gasteiger partial charge in [-0.25, -0.2) is 4.79 Å². The lowest BCUT2D eigenvalue weighted by Crippen LogP contribution is -1.92. The van der Waals surface area contributed by atoms with Crippen LogP contribution >= 0.6 is 0 Å². The summed E-state index contributed by atoms with van der Waals surface area (Å²) in [7, 11) is 2.84. The van der Waals surface area contributed by atoms with Crippen LogP contribution in [-0.4, -0.2) is 27.0 Å². The molecule has 0 aromatic carbocycles. The number of allylic oxidation sites excluding steroid dienone is 2. The van der Waals surface area contributed by atoms with Crippen LogP contribution in [0.15, 0.2) is 24.5 Å². The van der Waals surface area contributed by atoms with Crippen molar-refractivity contribution in [1.29, 1.82) is 0 Å². The van der Waals surface area contributed by atoms with E-state index in [4.69, 9.17) is 4.74 Å². The highest BCUT2D eigenvalue weighted by atomic mass is 16.7. The Balaban J connectivity index is 3.45. The molecule has 0 aliphatic heterocycles. The van der Waals surface area contributed by atoms with Gasteiger partial charge in [0, 0.05) is 13.2 Å². The second kappa shape index (κ2) is 7.81. The van der Waals surface area contributed by atoms with Crippen LogP contribution in [0.5, 0.6) is 0 Å². The van der Waals surface area contributed by atoms with Crippen LogP contribution in [0, 0.1) is 0 Å². The zero-order valence-corrected chi connectivity index (χ0v) is 7.15. The monoisotopic (exact) mass is 172 g/mol. The Bertz CT molecular complexity index is 172. The van der Waals surface area contributed by atoms with Crippen molar-refractivity contribution in [3.8, 4) is 0 Å². The van der Waals surface area contributed by atoms with Crippen LogP contribution in [0.2, 0.25) is 0 Å². The van der Waals surface area contributed by atoms with E-state index in [1.54, 1.807) is 6.08 Å². The third-order valence-electron chi connectivity index (χ3n) is 0.905. The van der Waals surface area contributed by atoms with Crippen LogP contribution in [-0.2, 0) is 19.0 Å². The van der Waals surface area contributed by atoms with E-state index in [-0.39, 0.29) is 6.79 Å². The minimum absolute atomic E-state index is 0.197. The molecule has 0 aliphatic carbocycles. The smallest absolute Gasteiger partial charge is 0.330 e. The Hall–Kier alpha value is -1.29. The lowest BCUT2D eigenvalue weighted by Gasteiger charge is -1.94. The van der Waals surface area contributed by atoms with E-state index in [1.807, 2.05) is 0 Å². The number of hydrogen-bond donors (Lipinski definition) is 0. The summed E-state index contributed by atoms with van der Waals surface area (Å²) in [6, 6.07) is 0. The largest absolute Gasteiger partial charge is 0.475 e. The van der Waals surface area contributed by atoms with Crippen LogP contribution in [0.3, 0.4) is 0 Å².